The van der Waals surface area contributed by atoms with Gasteiger partial charge in [-0.25, -0.2) is 4.68 Å². The fourth-order valence-corrected chi connectivity index (χ4v) is 4.70. The minimum absolute atomic E-state index is 0.00802. The number of likely N-dealkylation sites (tertiary alicyclic amines) is 1. The van der Waals surface area contributed by atoms with E-state index in [-0.39, 0.29) is 5.91 Å². The van der Waals surface area contributed by atoms with E-state index >= 15 is 0 Å². The second kappa shape index (κ2) is 8.43. The first-order chi connectivity index (χ1) is 15.8. The summed E-state index contributed by atoms with van der Waals surface area (Å²) in [6, 6.07) is 14.5. The van der Waals surface area contributed by atoms with Gasteiger partial charge in [-0.05, 0) is 68.1 Å². The van der Waals surface area contributed by atoms with Gasteiger partial charge in [0, 0.05) is 31.5 Å². The first-order valence-electron chi connectivity index (χ1n) is 11.7. The predicted molar refractivity (Wildman–Crippen MR) is 128 cm³/mol. The van der Waals surface area contributed by atoms with Crippen molar-refractivity contribution in [2.24, 2.45) is 0 Å². The zero-order chi connectivity index (χ0) is 23.2. The molecule has 0 saturated carbocycles. The molecule has 33 heavy (non-hydrogen) atoms. The van der Waals surface area contributed by atoms with Gasteiger partial charge in [0.05, 0.1) is 24.6 Å². The fraction of sp³-hybridized carbons (Fsp3) is 0.407. The van der Waals surface area contributed by atoms with Gasteiger partial charge in [-0.1, -0.05) is 24.3 Å². The Morgan fingerprint density at radius 2 is 1.58 bits per heavy atom. The number of hydrogen-bond acceptors (Lipinski definition) is 4. The maximum absolute atomic E-state index is 13.7. The molecular weight excluding hydrogens is 414 g/mol. The van der Waals surface area contributed by atoms with Gasteiger partial charge in [0.2, 0.25) is 0 Å². The summed E-state index contributed by atoms with van der Waals surface area (Å²) in [5.41, 5.74) is 8.00. The van der Waals surface area contributed by atoms with E-state index in [1.165, 1.54) is 11.1 Å². The summed E-state index contributed by atoms with van der Waals surface area (Å²) in [5, 5.41) is 4.93. The largest absolute Gasteiger partial charge is 0.347 e. The molecule has 2 aliphatic heterocycles. The molecule has 0 N–H and O–H groups in total. The van der Waals surface area contributed by atoms with E-state index in [1.54, 1.807) is 0 Å². The molecule has 5 rings (SSSR count). The summed E-state index contributed by atoms with van der Waals surface area (Å²) in [6.45, 7) is 10.8. The molecule has 2 aliphatic rings. The van der Waals surface area contributed by atoms with Gasteiger partial charge in [0.1, 0.15) is 5.69 Å². The zero-order valence-corrected chi connectivity index (χ0v) is 19.9. The molecule has 3 heterocycles. The second-order valence-electron chi connectivity index (χ2n) is 9.32. The molecule has 1 spiro atoms. The van der Waals surface area contributed by atoms with Crippen LogP contribution in [0.15, 0.2) is 42.5 Å². The molecule has 0 radical (unpaired) electrons. The standard InChI is InChI=1S/C27H31N3O3/c1-18-5-6-20(3)24(15-18)30-25(17-23(28-30)22-8-7-19(2)21(4)16-22)26(31)29-11-9-27(10-12-29)32-13-14-33-27/h5-8,15-17H,9-14H2,1-4H3. The van der Waals surface area contributed by atoms with Crippen molar-refractivity contribution in [3.8, 4) is 16.9 Å². The molecule has 1 aromatic heterocycles. The minimum atomic E-state index is -0.505. The fourth-order valence-electron chi connectivity index (χ4n) is 4.70. The summed E-state index contributed by atoms with van der Waals surface area (Å²) in [4.78, 5) is 15.6. The van der Waals surface area contributed by atoms with E-state index in [4.69, 9.17) is 14.6 Å². The number of aryl methyl sites for hydroxylation is 4. The van der Waals surface area contributed by atoms with Crippen molar-refractivity contribution in [3.63, 3.8) is 0 Å². The zero-order valence-electron chi connectivity index (χ0n) is 19.9. The minimum Gasteiger partial charge on any atom is -0.347 e. The molecule has 0 aliphatic carbocycles. The van der Waals surface area contributed by atoms with Gasteiger partial charge in [0.25, 0.3) is 5.91 Å². The average molecular weight is 446 g/mol. The molecular formula is C27H31N3O3. The first kappa shape index (κ1) is 21.9. The van der Waals surface area contributed by atoms with Crippen LogP contribution >= 0.6 is 0 Å². The van der Waals surface area contributed by atoms with Crippen LogP contribution in [0, 0.1) is 27.7 Å². The highest BCUT2D eigenvalue weighted by Crippen LogP contribution is 2.33. The SMILES string of the molecule is Cc1ccc(C)c(-n2nc(-c3ccc(C)c(C)c3)cc2C(=O)N2CCC3(CC2)OCCO3)c1. The van der Waals surface area contributed by atoms with Crippen LogP contribution in [0.1, 0.15) is 45.6 Å². The lowest BCUT2D eigenvalue weighted by atomic mass is 10.0. The van der Waals surface area contributed by atoms with E-state index in [2.05, 4.69) is 64.1 Å². The summed E-state index contributed by atoms with van der Waals surface area (Å²) < 4.78 is 13.5. The van der Waals surface area contributed by atoms with Crippen molar-refractivity contribution < 1.29 is 14.3 Å². The summed E-state index contributed by atoms with van der Waals surface area (Å²) in [7, 11) is 0. The monoisotopic (exact) mass is 445 g/mol. The lowest BCUT2D eigenvalue weighted by Gasteiger charge is -2.37. The maximum Gasteiger partial charge on any atom is 0.272 e. The molecule has 6 nitrogen and oxygen atoms in total. The van der Waals surface area contributed by atoms with Crippen LogP contribution in [0.5, 0.6) is 0 Å². The molecule has 2 saturated heterocycles. The van der Waals surface area contributed by atoms with Gasteiger partial charge < -0.3 is 14.4 Å². The third-order valence-electron chi connectivity index (χ3n) is 6.95. The average Bonchev–Trinajstić information content (AvgIpc) is 3.45. The Labute approximate surface area is 195 Å². The van der Waals surface area contributed by atoms with Gasteiger partial charge in [-0.15, -0.1) is 0 Å². The van der Waals surface area contributed by atoms with Crippen molar-refractivity contribution in [1.29, 1.82) is 0 Å². The van der Waals surface area contributed by atoms with Gasteiger partial charge in [-0.3, -0.25) is 4.79 Å². The number of piperidine rings is 1. The van der Waals surface area contributed by atoms with E-state index < -0.39 is 5.79 Å². The Balaban J connectivity index is 1.53. The van der Waals surface area contributed by atoms with Crippen molar-refractivity contribution >= 4 is 5.91 Å². The summed E-state index contributed by atoms with van der Waals surface area (Å²) >= 11 is 0. The number of nitrogens with zero attached hydrogens (tertiary/aromatic N) is 3. The number of amides is 1. The molecule has 2 fully saturated rings. The van der Waals surface area contributed by atoms with Crippen LogP contribution in [0.3, 0.4) is 0 Å². The quantitative estimate of drug-likeness (QED) is 0.584. The van der Waals surface area contributed by atoms with Crippen LogP contribution in [0.25, 0.3) is 16.9 Å². The highest BCUT2D eigenvalue weighted by atomic mass is 16.7. The highest BCUT2D eigenvalue weighted by molar-refractivity contribution is 5.94. The predicted octanol–water partition coefficient (Wildman–Crippen LogP) is 4.75. The molecule has 0 unspecified atom stereocenters. The Morgan fingerprint density at radius 1 is 0.879 bits per heavy atom. The Kier molecular flexibility index (Phi) is 5.59. The van der Waals surface area contributed by atoms with Crippen LogP contribution in [-0.4, -0.2) is 52.7 Å². The van der Waals surface area contributed by atoms with Crippen LogP contribution in [0.4, 0.5) is 0 Å². The van der Waals surface area contributed by atoms with E-state index in [0.29, 0.717) is 44.8 Å². The molecule has 1 amide bonds. The molecule has 172 valence electrons. The summed E-state index contributed by atoms with van der Waals surface area (Å²) in [6.07, 6.45) is 1.39. The number of ether oxygens (including phenoxy) is 2. The smallest absolute Gasteiger partial charge is 0.272 e. The van der Waals surface area contributed by atoms with Crippen LogP contribution in [-0.2, 0) is 9.47 Å². The molecule has 0 bridgehead atoms. The summed E-state index contributed by atoms with van der Waals surface area (Å²) in [5.74, 6) is -0.513. The highest BCUT2D eigenvalue weighted by Gasteiger charge is 2.41. The number of benzene rings is 2. The molecule has 0 atom stereocenters. The first-order valence-corrected chi connectivity index (χ1v) is 11.7. The second-order valence-corrected chi connectivity index (χ2v) is 9.32. The molecule has 6 heteroatoms. The number of rotatable bonds is 3. The van der Waals surface area contributed by atoms with Gasteiger partial charge in [0.15, 0.2) is 5.79 Å². The molecule has 3 aromatic rings. The van der Waals surface area contributed by atoms with Crippen molar-refractivity contribution in [2.45, 2.75) is 46.3 Å². The molecule has 2 aromatic carbocycles. The third kappa shape index (κ3) is 4.09. The van der Waals surface area contributed by atoms with Crippen molar-refractivity contribution in [3.05, 3.63) is 70.4 Å². The maximum atomic E-state index is 13.7. The topological polar surface area (TPSA) is 56.6 Å². The van der Waals surface area contributed by atoms with Crippen molar-refractivity contribution in [1.82, 2.24) is 14.7 Å². The van der Waals surface area contributed by atoms with E-state index in [9.17, 15) is 4.79 Å². The van der Waals surface area contributed by atoms with Crippen LogP contribution < -0.4 is 0 Å². The lowest BCUT2D eigenvalue weighted by Crippen LogP contribution is -2.47. The normalized spacial score (nSPS) is 17.6. The van der Waals surface area contributed by atoms with E-state index in [1.807, 2.05) is 15.6 Å². The lowest BCUT2D eigenvalue weighted by molar-refractivity contribution is -0.181. The third-order valence-corrected chi connectivity index (χ3v) is 6.95. The van der Waals surface area contributed by atoms with Gasteiger partial charge in [-0.2, -0.15) is 5.10 Å². The number of aromatic nitrogens is 2. The van der Waals surface area contributed by atoms with E-state index in [0.717, 1.165) is 28.1 Å². The number of carbonyl (C=O) groups is 1. The van der Waals surface area contributed by atoms with Crippen molar-refractivity contribution in [2.75, 3.05) is 26.3 Å². The van der Waals surface area contributed by atoms with Crippen LogP contribution in [0.2, 0.25) is 0 Å². The Hall–Kier alpha value is -2.96. The number of hydrogen-bond donors (Lipinski definition) is 0. The Bertz CT molecular complexity index is 1200. The Morgan fingerprint density at radius 3 is 2.27 bits per heavy atom. The van der Waals surface area contributed by atoms with Gasteiger partial charge >= 0.3 is 0 Å². The number of carbonyl (C=O) groups excluding carboxylic acids is 1.